The molecule has 0 spiro atoms. The molecule has 0 aromatic heterocycles. The molecule has 4 nitrogen and oxygen atoms in total. The standard InChI is InChI=1S/C19H22F2N2O2/c20-16-4-3-14(11-17(16)21)18(24)22-5-7-23(8-6-22)19(25)15-10-12-1-2-13(15)9-12/h3-4,11-13,15H,1-2,5-10H2. The number of hydrogen-bond acceptors (Lipinski definition) is 2. The van der Waals surface area contributed by atoms with Gasteiger partial charge in [-0.2, -0.15) is 0 Å². The molecule has 0 radical (unpaired) electrons. The van der Waals surface area contributed by atoms with E-state index in [1.54, 1.807) is 4.90 Å². The van der Waals surface area contributed by atoms with Crippen LogP contribution in [0.4, 0.5) is 8.78 Å². The summed E-state index contributed by atoms with van der Waals surface area (Å²) in [7, 11) is 0. The van der Waals surface area contributed by atoms with Crippen LogP contribution >= 0.6 is 0 Å². The fraction of sp³-hybridized carbons (Fsp3) is 0.579. The van der Waals surface area contributed by atoms with Crippen LogP contribution in [-0.4, -0.2) is 47.8 Å². The quantitative estimate of drug-likeness (QED) is 0.824. The van der Waals surface area contributed by atoms with Gasteiger partial charge in [-0.3, -0.25) is 9.59 Å². The van der Waals surface area contributed by atoms with Gasteiger partial charge in [-0.15, -0.1) is 0 Å². The van der Waals surface area contributed by atoms with Crippen LogP contribution in [0.3, 0.4) is 0 Å². The van der Waals surface area contributed by atoms with Crippen molar-refractivity contribution in [3.05, 3.63) is 35.4 Å². The van der Waals surface area contributed by atoms with Gasteiger partial charge in [0.05, 0.1) is 0 Å². The van der Waals surface area contributed by atoms with Crippen molar-refractivity contribution >= 4 is 11.8 Å². The van der Waals surface area contributed by atoms with Crippen LogP contribution in [0.1, 0.15) is 36.0 Å². The van der Waals surface area contributed by atoms with E-state index in [4.69, 9.17) is 0 Å². The Morgan fingerprint density at radius 1 is 0.920 bits per heavy atom. The number of carbonyl (C=O) groups is 2. The first-order valence-corrected chi connectivity index (χ1v) is 9.06. The largest absolute Gasteiger partial charge is 0.339 e. The third-order valence-corrected chi connectivity index (χ3v) is 6.10. The smallest absolute Gasteiger partial charge is 0.254 e. The van der Waals surface area contributed by atoms with Crippen LogP contribution in [0.25, 0.3) is 0 Å². The van der Waals surface area contributed by atoms with E-state index >= 15 is 0 Å². The molecule has 3 fully saturated rings. The maximum absolute atomic E-state index is 13.3. The number of carbonyl (C=O) groups excluding carboxylic acids is 2. The highest BCUT2D eigenvalue weighted by Crippen LogP contribution is 2.48. The highest BCUT2D eigenvalue weighted by atomic mass is 19.2. The van der Waals surface area contributed by atoms with Gasteiger partial charge in [0.25, 0.3) is 5.91 Å². The number of fused-ring (bicyclic) bond motifs is 2. The Kier molecular flexibility index (Phi) is 4.21. The Hall–Kier alpha value is -1.98. The lowest BCUT2D eigenvalue weighted by Gasteiger charge is -2.37. The van der Waals surface area contributed by atoms with Crippen molar-refractivity contribution in [1.82, 2.24) is 9.80 Å². The fourth-order valence-electron chi connectivity index (χ4n) is 4.72. The Morgan fingerprint density at radius 2 is 1.64 bits per heavy atom. The first-order chi connectivity index (χ1) is 12.0. The first kappa shape index (κ1) is 16.5. The zero-order chi connectivity index (χ0) is 17.6. The molecule has 1 saturated heterocycles. The Morgan fingerprint density at radius 3 is 2.24 bits per heavy atom. The molecule has 2 bridgehead atoms. The van der Waals surface area contributed by atoms with E-state index in [2.05, 4.69) is 0 Å². The molecular weight excluding hydrogens is 326 g/mol. The monoisotopic (exact) mass is 348 g/mol. The van der Waals surface area contributed by atoms with Crippen molar-refractivity contribution in [2.45, 2.75) is 25.7 Å². The van der Waals surface area contributed by atoms with Crippen molar-refractivity contribution in [1.29, 1.82) is 0 Å². The van der Waals surface area contributed by atoms with Gasteiger partial charge >= 0.3 is 0 Å². The number of rotatable bonds is 2. The minimum absolute atomic E-state index is 0.145. The molecule has 1 aromatic rings. The Balaban J connectivity index is 1.35. The maximum Gasteiger partial charge on any atom is 0.254 e. The highest BCUT2D eigenvalue weighted by molar-refractivity contribution is 5.94. The van der Waals surface area contributed by atoms with Crippen molar-refractivity contribution < 1.29 is 18.4 Å². The molecule has 2 saturated carbocycles. The minimum atomic E-state index is -1.02. The van der Waals surface area contributed by atoms with Crippen molar-refractivity contribution in [2.24, 2.45) is 17.8 Å². The van der Waals surface area contributed by atoms with Crippen molar-refractivity contribution in [2.75, 3.05) is 26.2 Å². The van der Waals surface area contributed by atoms with Gasteiger partial charge < -0.3 is 9.80 Å². The molecular formula is C19H22F2N2O2. The molecule has 3 unspecified atom stereocenters. The molecule has 1 aromatic carbocycles. The van der Waals surface area contributed by atoms with Gasteiger partial charge in [0.1, 0.15) is 0 Å². The average Bonchev–Trinajstić information content (AvgIpc) is 3.26. The van der Waals surface area contributed by atoms with E-state index in [1.807, 2.05) is 4.90 Å². The maximum atomic E-state index is 13.3. The van der Waals surface area contributed by atoms with E-state index in [0.717, 1.165) is 24.5 Å². The minimum Gasteiger partial charge on any atom is -0.339 e. The lowest BCUT2D eigenvalue weighted by molar-refractivity contribution is -0.138. The van der Waals surface area contributed by atoms with E-state index in [9.17, 15) is 18.4 Å². The number of amides is 2. The molecule has 3 atom stereocenters. The van der Waals surface area contributed by atoms with E-state index in [0.29, 0.717) is 32.1 Å². The second-order valence-electron chi connectivity index (χ2n) is 7.53. The second-order valence-corrected chi connectivity index (χ2v) is 7.53. The van der Waals surface area contributed by atoms with Crippen LogP contribution in [-0.2, 0) is 4.79 Å². The van der Waals surface area contributed by atoms with Crippen molar-refractivity contribution in [3.8, 4) is 0 Å². The normalized spacial score (nSPS) is 28.5. The number of hydrogen-bond donors (Lipinski definition) is 0. The summed E-state index contributed by atoms with van der Waals surface area (Å²) in [6, 6.07) is 3.20. The van der Waals surface area contributed by atoms with Crippen LogP contribution in [0, 0.1) is 29.4 Å². The van der Waals surface area contributed by atoms with Gasteiger partial charge in [-0.25, -0.2) is 8.78 Å². The van der Waals surface area contributed by atoms with E-state index in [-0.39, 0.29) is 23.3 Å². The SMILES string of the molecule is O=C(c1ccc(F)c(F)c1)N1CCN(C(=O)C2CC3CCC2C3)CC1. The molecule has 6 heteroatoms. The summed E-state index contributed by atoms with van der Waals surface area (Å²) in [4.78, 5) is 28.7. The van der Waals surface area contributed by atoms with Crippen LogP contribution in [0.2, 0.25) is 0 Å². The molecule has 1 aliphatic heterocycles. The number of nitrogens with zero attached hydrogens (tertiary/aromatic N) is 2. The van der Waals surface area contributed by atoms with Gasteiger partial charge in [0.2, 0.25) is 5.91 Å². The Labute approximate surface area is 145 Å². The molecule has 1 heterocycles. The lowest BCUT2D eigenvalue weighted by Crippen LogP contribution is -2.52. The number of piperazine rings is 1. The summed E-state index contributed by atoms with van der Waals surface area (Å²) in [5, 5.41) is 0. The molecule has 25 heavy (non-hydrogen) atoms. The van der Waals surface area contributed by atoms with Crippen LogP contribution in [0.5, 0.6) is 0 Å². The van der Waals surface area contributed by atoms with Crippen LogP contribution < -0.4 is 0 Å². The fourth-order valence-corrected chi connectivity index (χ4v) is 4.72. The zero-order valence-electron chi connectivity index (χ0n) is 14.1. The highest BCUT2D eigenvalue weighted by Gasteiger charge is 2.44. The number of benzene rings is 1. The third kappa shape index (κ3) is 3.02. The topological polar surface area (TPSA) is 40.6 Å². The summed E-state index contributed by atoms with van der Waals surface area (Å²) >= 11 is 0. The molecule has 4 rings (SSSR count). The summed E-state index contributed by atoms with van der Waals surface area (Å²) in [5.74, 6) is -0.589. The van der Waals surface area contributed by atoms with Crippen LogP contribution in [0.15, 0.2) is 18.2 Å². The summed E-state index contributed by atoms with van der Waals surface area (Å²) in [5.41, 5.74) is 0.145. The van der Waals surface area contributed by atoms with Gasteiger partial charge in [0.15, 0.2) is 11.6 Å². The van der Waals surface area contributed by atoms with Gasteiger partial charge in [0, 0.05) is 37.7 Å². The number of halogens is 2. The van der Waals surface area contributed by atoms with Crippen molar-refractivity contribution in [3.63, 3.8) is 0 Å². The molecule has 2 aliphatic carbocycles. The predicted octanol–water partition coefficient (Wildman–Crippen LogP) is 2.69. The molecule has 2 amide bonds. The molecule has 0 N–H and O–H groups in total. The average molecular weight is 348 g/mol. The third-order valence-electron chi connectivity index (χ3n) is 6.10. The first-order valence-electron chi connectivity index (χ1n) is 9.06. The molecule has 3 aliphatic rings. The predicted molar refractivity (Wildman–Crippen MR) is 87.8 cm³/mol. The van der Waals surface area contributed by atoms with E-state index in [1.165, 1.54) is 25.3 Å². The summed E-state index contributed by atoms with van der Waals surface area (Å²) in [6.07, 6.45) is 4.67. The lowest BCUT2D eigenvalue weighted by atomic mass is 9.87. The van der Waals surface area contributed by atoms with Gasteiger partial charge in [-0.1, -0.05) is 6.42 Å². The summed E-state index contributed by atoms with van der Waals surface area (Å²) < 4.78 is 26.3. The van der Waals surface area contributed by atoms with Gasteiger partial charge in [-0.05, 0) is 49.3 Å². The summed E-state index contributed by atoms with van der Waals surface area (Å²) in [6.45, 7) is 1.90. The molecule has 134 valence electrons. The zero-order valence-corrected chi connectivity index (χ0v) is 14.1. The van der Waals surface area contributed by atoms with E-state index < -0.39 is 11.6 Å². The second kappa shape index (κ2) is 6.39. The Bertz CT molecular complexity index is 701.